The molecule has 0 aliphatic rings. The van der Waals surface area contributed by atoms with Crippen LogP contribution in [0.3, 0.4) is 0 Å². The number of benzene rings is 1. The van der Waals surface area contributed by atoms with Crippen molar-refractivity contribution in [3.05, 3.63) is 46.2 Å². The van der Waals surface area contributed by atoms with Crippen LogP contribution in [0.5, 0.6) is 5.75 Å². The summed E-state index contributed by atoms with van der Waals surface area (Å²) in [5.41, 5.74) is 5.96. The molecule has 102 valence electrons. The second kappa shape index (κ2) is 6.75. The molecule has 1 amide bonds. The average Bonchev–Trinajstić information content (AvgIpc) is 2.94. The molecule has 0 saturated heterocycles. The van der Waals surface area contributed by atoms with Gasteiger partial charge in [0.2, 0.25) is 0 Å². The van der Waals surface area contributed by atoms with E-state index in [9.17, 15) is 4.79 Å². The minimum atomic E-state index is -0.180. The first-order chi connectivity index (χ1) is 9.74. The number of ether oxygens (including phenoxy) is 1. The lowest BCUT2D eigenvalue weighted by Gasteiger charge is -2.08. The number of carbonyl (C=O) groups is 1. The molecule has 4 nitrogen and oxygen atoms in total. The van der Waals surface area contributed by atoms with Crippen LogP contribution in [0, 0.1) is 11.8 Å². The Morgan fingerprint density at radius 2 is 2.15 bits per heavy atom. The van der Waals surface area contributed by atoms with Gasteiger partial charge in [-0.3, -0.25) is 4.79 Å². The van der Waals surface area contributed by atoms with Crippen molar-refractivity contribution in [2.45, 2.75) is 0 Å². The minimum absolute atomic E-state index is 0.180. The summed E-state index contributed by atoms with van der Waals surface area (Å²) >= 11 is 1.33. The third kappa shape index (κ3) is 3.38. The topological polar surface area (TPSA) is 64.3 Å². The molecule has 3 N–H and O–H groups in total. The first-order valence-corrected chi connectivity index (χ1v) is 6.79. The predicted molar refractivity (Wildman–Crippen MR) is 81.2 cm³/mol. The van der Waals surface area contributed by atoms with Gasteiger partial charge in [0, 0.05) is 0 Å². The van der Waals surface area contributed by atoms with Crippen molar-refractivity contribution in [2.24, 2.45) is 5.73 Å². The minimum Gasteiger partial charge on any atom is -0.495 e. The van der Waals surface area contributed by atoms with Crippen LogP contribution in [0.1, 0.15) is 14.5 Å². The maximum absolute atomic E-state index is 12.1. The van der Waals surface area contributed by atoms with Gasteiger partial charge in [0.05, 0.1) is 29.1 Å². The highest BCUT2D eigenvalue weighted by molar-refractivity contribution is 7.14. The normalized spacial score (nSPS) is 9.50. The van der Waals surface area contributed by atoms with Crippen molar-refractivity contribution in [1.29, 1.82) is 0 Å². The number of anilines is 1. The molecule has 0 aliphatic heterocycles. The number of carbonyl (C=O) groups excluding carboxylic acids is 1. The zero-order valence-electron chi connectivity index (χ0n) is 11.0. The second-order valence-corrected chi connectivity index (χ2v) is 4.91. The molecule has 0 atom stereocenters. The molecule has 5 heteroatoms. The van der Waals surface area contributed by atoms with E-state index in [0.29, 0.717) is 22.9 Å². The zero-order chi connectivity index (χ0) is 14.4. The Kier molecular flexibility index (Phi) is 4.77. The van der Waals surface area contributed by atoms with Gasteiger partial charge in [-0.05, 0) is 24.3 Å². The Morgan fingerprint density at radius 1 is 1.35 bits per heavy atom. The lowest BCUT2D eigenvalue weighted by atomic mass is 10.3. The van der Waals surface area contributed by atoms with Gasteiger partial charge in [-0.15, -0.1) is 11.3 Å². The fraction of sp³-hybridized carbons (Fsp3) is 0.133. The van der Waals surface area contributed by atoms with E-state index in [4.69, 9.17) is 10.5 Å². The SMILES string of the molecule is COc1ccccc1NC(=O)c1ccc(C#CCN)s1. The van der Waals surface area contributed by atoms with E-state index < -0.39 is 0 Å². The molecule has 0 bridgehead atoms. The Labute approximate surface area is 121 Å². The van der Waals surface area contributed by atoms with Gasteiger partial charge in [-0.25, -0.2) is 0 Å². The van der Waals surface area contributed by atoms with E-state index in [2.05, 4.69) is 17.2 Å². The Morgan fingerprint density at radius 3 is 2.90 bits per heavy atom. The quantitative estimate of drug-likeness (QED) is 0.851. The molecule has 2 aromatic rings. The molecule has 0 aliphatic carbocycles. The van der Waals surface area contributed by atoms with Crippen molar-refractivity contribution < 1.29 is 9.53 Å². The number of hydrogen-bond acceptors (Lipinski definition) is 4. The van der Waals surface area contributed by atoms with E-state index in [-0.39, 0.29) is 5.91 Å². The van der Waals surface area contributed by atoms with Gasteiger partial charge in [0.1, 0.15) is 5.75 Å². The highest BCUT2D eigenvalue weighted by Crippen LogP contribution is 2.24. The molecule has 0 radical (unpaired) electrons. The van der Waals surface area contributed by atoms with Gasteiger partial charge in [-0.2, -0.15) is 0 Å². The number of hydrogen-bond donors (Lipinski definition) is 2. The number of nitrogens with one attached hydrogen (secondary N) is 1. The number of methoxy groups -OCH3 is 1. The first-order valence-electron chi connectivity index (χ1n) is 5.97. The molecule has 20 heavy (non-hydrogen) atoms. The van der Waals surface area contributed by atoms with Crippen LogP contribution in [0.25, 0.3) is 0 Å². The van der Waals surface area contributed by atoms with Gasteiger partial charge in [0.15, 0.2) is 0 Å². The van der Waals surface area contributed by atoms with Crippen LogP contribution >= 0.6 is 11.3 Å². The van der Waals surface area contributed by atoms with E-state index in [1.807, 2.05) is 18.2 Å². The van der Waals surface area contributed by atoms with Gasteiger partial charge < -0.3 is 15.8 Å². The smallest absolute Gasteiger partial charge is 0.265 e. The maximum atomic E-state index is 12.1. The van der Waals surface area contributed by atoms with E-state index in [0.717, 1.165) is 4.88 Å². The molecule has 0 spiro atoms. The average molecular weight is 286 g/mol. The van der Waals surface area contributed by atoms with Crippen molar-refractivity contribution in [1.82, 2.24) is 0 Å². The highest BCUT2D eigenvalue weighted by Gasteiger charge is 2.11. The summed E-state index contributed by atoms with van der Waals surface area (Å²) < 4.78 is 5.19. The third-order valence-electron chi connectivity index (χ3n) is 2.50. The molecule has 2 rings (SSSR count). The molecule has 1 heterocycles. The zero-order valence-corrected chi connectivity index (χ0v) is 11.8. The molecule has 0 saturated carbocycles. The molecule has 0 unspecified atom stereocenters. The molecule has 1 aromatic carbocycles. The maximum Gasteiger partial charge on any atom is 0.265 e. The predicted octanol–water partition coefficient (Wildman–Crippen LogP) is 2.32. The van der Waals surface area contributed by atoms with Crippen LogP contribution in [0.4, 0.5) is 5.69 Å². The van der Waals surface area contributed by atoms with Crippen LogP contribution < -0.4 is 15.8 Å². The first kappa shape index (κ1) is 14.1. The third-order valence-corrected chi connectivity index (χ3v) is 3.50. The lowest BCUT2D eigenvalue weighted by molar-refractivity contribution is 0.103. The van der Waals surface area contributed by atoms with Crippen molar-refractivity contribution in [2.75, 3.05) is 19.0 Å². The summed E-state index contributed by atoms with van der Waals surface area (Å²) in [5, 5.41) is 2.82. The standard InChI is InChI=1S/C15H14N2O2S/c1-19-13-7-3-2-6-12(13)17-15(18)14-9-8-11(20-14)5-4-10-16/h2-3,6-9H,10,16H2,1H3,(H,17,18). The molecular formula is C15H14N2O2S. The van der Waals surface area contributed by atoms with E-state index in [1.165, 1.54) is 11.3 Å². The number of amides is 1. The summed E-state index contributed by atoms with van der Waals surface area (Å²) in [6, 6.07) is 10.8. The highest BCUT2D eigenvalue weighted by atomic mass is 32.1. The lowest BCUT2D eigenvalue weighted by Crippen LogP contribution is -2.10. The number of para-hydroxylation sites is 2. The molecule has 1 aromatic heterocycles. The van der Waals surface area contributed by atoms with Crippen molar-refractivity contribution in [3.63, 3.8) is 0 Å². The van der Waals surface area contributed by atoms with Crippen LogP contribution in [-0.4, -0.2) is 19.6 Å². The molecular weight excluding hydrogens is 272 g/mol. The van der Waals surface area contributed by atoms with E-state index >= 15 is 0 Å². The number of rotatable bonds is 3. The fourth-order valence-corrected chi connectivity index (χ4v) is 2.37. The Balaban J connectivity index is 2.14. The second-order valence-electron chi connectivity index (χ2n) is 3.82. The number of nitrogens with two attached hydrogens (primary N) is 1. The summed E-state index contributed by atoms with van der Waals surface area (Å²) in [6.07, 6.45) is 0. The number of thiophene rings is 1. The summed E-state index contributed by atoms with van der Waals surface area (Å²) in [5.74, 6) is 6.11. The van der Waals surface area contributed by atoms with Crippen LogP contribution in [0.15, 0.2) is 36.4 Å². The van der Waals surface area contributed by atoms with Crippen molar-refractivity contribution >= 4 is 22.9 Å². The van der Waals surface area contributed by atoms with Gasteiger partial charge in [0.25, 0.3) is 5.91 Å². The summed E-state index contributed by atoms with van der Waals surface area (Å²) in [6.45, 7) is 0.306. The van der Waals surface area contributed by atoms with E-state index in [1.54, 1.807) is 25.3 Å². The fourth-order valence-electron chi connectivity index (χ4n) is 1.60. The largest absolute Gasteiger partial charge is 0.495 e. The Hall–Kier alpha value is -2.29. The summed E-state index contributed by atoms with van der Waals surface area (Å²) in [4.78, 5) is 13.6. The van der Waals surface area contributed by atoms with Crippen molar-refractivity contribution in [3.8, 4) is 17.6 Å². The Bertz CT molecular complexity index is 668. The van der Waals surface area contributed by atoms with Gasteiger partial charge >= 0.3 is 0 Å². The molecule has 0 fully saturated rings. The van der Waals surface area contributed by atoms with Gasteiger partial charge in [-0.1, -0.05) is 24.0 Å². The monoisotopic (exact) mass is 286 g/mol. The summed E-state index contributed by atoms with van der Waals surface area (Å²) in [7, 11) is 1.57. The van der Waals surface area contributed by atoms with Crippen LogP contribution in [0.2, 0.25) is 0 Å². The van der Waals surface area contributed by atoms with Crippen LogP contribution in [-0.2, 0) is 0 Å².